The predicted octanol–water partition coefficient (Wildman–Crippen LogP) is 0.902. The van der Waals surface area contributed by atoms with Gasteiger partial charge < -0.3 is 0 Å². The van der Waals surface area contributed by atoms with Crippen LogP contribution in [0.3, 0.4) is 0 Å². The van der Waals surface area contributed by atoms with Crippen LogP contribution in [0.25, 0.3) is 10.7 Å². The highest BCUT2D eigenvalue weighted by Gasteiger charge is 2.35. The van der Waals surface area contributed by atoms with Crippen LogP contribution in [0.5, 0.6) is 0 Å². The third-order valence-corrected chi connectivity index (χ3v) is 4.62. The van der Waals surface area contributed by atoms with Crippen LogP contribution in [0.1, 0.15) is 44.3 Å². The summed E-state index contributed by atoms with van der Waals surface area (Å²) in [5.74, 6) is 0.668. The summed E-state index contributed by atoms with van der Waals surface area (Å²) in [7, 11) is -3.89. The lowest BCUT2D eigenvalue weighted by Gasteiger charge is -2.08. The van der Waals surface area contributed by atoms with Gasteiger partial charge in [0, 0.05) is 6.04 Å². The van der Waals surface area contributed by atoms with Crippen molar-refractivity contribution in [1.29, 1.82) is 0 Å². The fourth-order valence-electron chi connectivity index (χ4n) is 2.02. The fraction of sp³-hybridized carbons (Fsp3) is 0.600. The van der Waals surface area contributed by atoms with E-state index < -0.39 is 10.0 Å². The number of sulfonamides is 1. The Hall–Kier alpha value is -1.39. The fourth-order valence-corrected chi connectivity index (χ4v) is 3.48. The summed E-state index contributed by atoms with van der Waals surface area (Å²) in [5.41, 5.74) is 0.797. The lowest BCUT2D eigenvalue weighted by molar-refractivity contribution is 0.567. The normalized spacial score (nSPS) is 16.0. The summed E-state index contributed by atoms with van der Waals surface area (Å²) < 4.78 is 28.8. The highest BCUT2D eigenvalue weighted by Crippen LogP contribution is 2.41. The Morgan fingerprint density at radius 1 is 1.30 bits per heavy atom. The second-order valence-electron chi connectivity index (χ2n) is 5.09. The summed E-state index contributed by atoms with van der Waals surface area (Å²) in [4.78, 5) is 0.759. The van der Waals surface area contributed by atoms with Crippen molar-refractivity contribution in [2.24, 2.45) is 5.14 Å². The van der Waals surface area contributed by atoms with E-state index in [0.29, 0.717) is 5.82 Å². The van der Waals surface area contributed by atoms with Gasteiger partial charge in [-0.15, -0.1) is 15.3 Å². The molecule has 0 atom stereocenters. The van der Waals surface area contributed by atoms with E-state index in [-0.39, 0.29) is 17.1 Å². The molecule has 0 aliphatic heterocycles. The minimum atomic E-state index is -3.89. The molecule has 0 aromatic carbocycles. The first-order valence-electron chi connectivity index (χ1n) is 6.20. The van der Waals surface area contributed by atoms with Crippen molar-refractivity contribution in [2.45, 2.75) is 43.8 Å². The summed E-state index contributed by atoms with van der Waals surface area (Å²) in [6.45, 7) is 4.00. The first-order valence-corrected chi connectivity index (χ1v) is 8.52. The Kier molecular flexibility index (Phi) is 3.10. The van der Waals surface area contributed by atoms with Gasteiger partial charge in [-0.25, -0.2) is 13.6 Å². The SMILES string of the molecule is CC(C)c1nnsc1-c1nnc(S(N)(=O)=O)n1C1CC1. The molecule has 3 rings (SSSR count). The Morgan fingerprint density at radius 2 is 2.00 bits per heavy atom. The number of hydrogen-bond donors (Lipinski definition) is 1. The second kappa shape index (κ2) is 4.57. The number of nitrogens with two attached hydrogens (primary N) is 1. The van der Waals surface area contributed by atoms with Crippen LogP contribution < -0.4 is 5.14 Å². The third kappa shape index (κ3) is 2.23. The van der Waals surface area contributed by atoms with Crippen LogP contribution in [0, 0.1) is 0 Å². The number of rotatable bonds is 4. The molecule has 8 nitrogen and oxygen atoms in total. The largest absolute Gasteiger partial charge is 0.293 e. The molecule has 10 heteroatoms. The van der Waals surface area contributed by atoms with Crippen molar-refractivity contribution >= 4 is 21.6 Å². The molecular formula is C10H14N6O2S2. The zero-order chi connectivity index (χ0) is 14.5. The van der Waals surface area contributed by atoms with Crippen molar-refractivity contribution in [2.75, 3.05) is 0 Å². The van der Waals surface area contributed by atoms with Crippen molar-refractivity contribution in [3.8, 4) is 10.7 Å². The highest BCUT2D eigenvalue weighted by atomic mass is 32.2. The number of aromatic nitrogens is 5. The quantitative estimate of drug-likeness (QED) is 0.896. The molecule has 0 radical (unpaired) electrons. The molecule has 0 spiro atoms. The molecule has 1 fully saturated rings. The Labute approximate surface area is 120 Å². The summed E-state index contributed by atoms with van der Waals surface area (Å²) >= 11 is 1.19. The van der Waals surface area contributed by atoms with Crippen LogP contribution in [-0.2, 0) is 10.0 Å². The van der Waals surface area contributed by atoms with E-state index in [9.17, 15) is 8.42 Å². The Bertz CT molecular complexity index is 744. The highest BCUT2D eigenvalue weighted by molar-refractivity contribution is 7.89. The number of primary sulfonamides is 1. The average molecular weight is 314 g/mol. The van der Waals surface area contributed by atoms with Crippen LogP contribution in [-0.4, -0.2) is 32.8 Å². The van der Waals surface area contributed by atoms with Crippen molar-refractivity contribution < 1.29 is 8.42 Å². The smallest absolute Gasteiger partial charge is 0.273 e. The molecule has 0 saturated heterocycles. The molecule has 2 aromatic rings. The minimum Gasteiger partial charge on any atom is -0.293 e. The zero-order valence-corrected chi connectivity index (χ0v) is 12.6. The molecule has 1 saturated carbocycles. The van der Waals surface area contributed by atoms with Crippen LogP contribution in [0.15, 0.2) is 5.16 Å². The first kappa shape index (κ1) is 13.6. The van der Waals surface area contributed by atoms with E-state index in [0.717, 1.165) is 23.4 Å². The molecule has 2 N–H and O–H groups in total. The number of hydrogen-bond acceptors (Lipinski definition) is 7. The molecule has 0 amide bonds. The van der Waals surface area contributed by atoms with Gasteiger partial charge in [-0.05, 0) is 30.3 Å². The van der Waals surface area contributed by atoms with Crippen molar-refractivity contribution in [3.05, 3.63) is 5.69 Å². The van der Waals surface area contributed by atoms with Gasteiger partial charge in [0.1, 0.15) is 4.88 Å². The van der Waals surface area contributed by atoms with Gasteiger partial charge in [-0.1, -0.05) is 18.3 Å². The van der Waals surface area contributed by atoms with Crippen LogP contribution >= 0.6 is 11.5 Å². The summed E-state index contributed by atoms with van der Waals surface area (Å²) in [6, 6.07) is 0.0930. The van der Waals surface area contributed by atoms with Crippen LogP contribution in [0.4, 0.5) is 0 Å². The van der Waals surface area contributed by atoms with Gasteiger partial charge in [0.15, 0.2) is 5.82 Å². The molecule has 20 heavy (non-hydrogen) atoms. The monoisotopic (exact) mass is 314 g/mol. The maximum absolute atomic E-state index is 11.6. The maximum Gasteiger partial charge on any atom is 0.273 e. The third-order valence-electron chi connectivity index (χ3n) is 3.09. The summed E-state index contributed by atoms with van der Waals surface area (Å²) in [5, 5.41) is 16.9. The standard InChI is InChI=1S/C10H14N6O2S2/c1-5(2)7-8(19-15-12-7)9-13-14-10(20(11,17)18)16(9)6-3-4-6/h5-6H,3-4H2,1-2H3,(H2,11,17,18). The van der Waals surface area contributed by atoms with Gasteiger partial charge >= 0.3 is 0 Å². The van der Waals surface area contributed by atoms with E-state index in [2.05, 4.69) is 19.8 Å². The minimum absolute atomic E-state index is 0.0930. The Morgan fingerprint density at radius 3 is 2.55 bits per heavy atom. The molecule has 2 aromatic heterocycles. The van der Waals surface area contributed by atoms with E-state index >= 15 is 0 Å². The zero-order valence-electron chi connectivity index (χ0n) is 11.0. The van der Waals surface area contributed by atoms with Gasteiger partial charge in [-0.3, -0.25) is 4.57 Å². The van der Waals surface area contributed by atoms with E-state index in [1.165, 1.54) is 11.5 Å². The van der Waals surface area contributed by atoms with Crippen LogP contribution in [0.2, 0.25) is 0 Å². The predicted molar refractivity (Wildman–Crippen MR) is 72.7 cm³/mol. The van der Waals surface area contributed by atoms with E-state index in [1.807, 2.05) is 13.8 Å². The average Bonchev–Trinajstić information content (AvgIpc) is 2.91. The summed E-state index contributed by atoms with van der Waals surface area (Å²) in [6.07, 6.45) is 1.80. The van der Waals surface area contributed by atoms with E-state index in [4.69, 9.17) is 5.14 Å². The molecule has 0 bridgehead atoms. The van der Waals surface area contributed by atoms with Gasteiger partial charge in [0.05, 0.1) is 5.69 Å². The molecule has 1 aliphatic rings. The topological polar surface area (TPSA) is 117 Å². The molecule has 2 heterocycles. The van der Waals surface area contributed by atoms with Crippen molar-refractivity contribution in [3.63, 3.8) is 0 Å². The maximum atomic E-state index is 11.6. The van der Waals surface area contributed by atoms with Gasteiger partial charge in [0.2, 0.25) is 0 Å². The van der Waals surface area contributed by atoms with E-state index in [1.54, 1.807) is 4.57 Å². The molecule has 108 valence electrons. The van der Waals surface area contributed by atoms with Gasteiger partial charge in [-0.2, -0.15) is 0 Å². The number of nitrogens with zero attached hydrogens (tertiary/aromatic N) is 5. The molecule has 0 unspecified atom stereocenters. The molecule has 1 aliphatic carbocycles. The van der Waals surface area contributed by atoms with Crippen molar-refractivity contribution in [1.82, 2.24) is 24.4 Å². The molecular weight excluding hydrogens is 300 g/mol. The Balaban J connectivity index is 2.20. The lowest BCUT2D eigenvalue weighted by atomic mass is 10.1. The lowest BCUT2D eigenvalue weighted by Crippen LogP contribution is -2.18. The van der Waals surface area contributed by atoms with Gasteiger partial charge in [0.25, 0.3) is 15.2 Å². The first-order chi connectivity index (χ1) is 9.39. The second-order valence-corrected chi connectivity index (χ2v) is 7.30.